The van der Waals surface area contributed by atoms with Gasteiger partial charge in [0.1, 0.15) is 11.8 Å². The Kier molecular flexibility index (Phi) is 8.82. The van der Waals surface area contributed by atoms with Gasteiger partial charge < -0.3 is 24.5 Å². The number of fused-ring (bicyclic) bond motifs is 2. The molecule has 8 nitrogen and oxygen atoms in total. The van der Waals surface area contributed by atoms with Crippen LogP contribution in [0.15, 0.2) is 48.6 Å². The minimum absolute atomic E-state index is 0.0649. The number of ether oxygens (including phenoxy) is 1. The van der Waals surface area contributed by atoms with Crippen LogP contribution in [0, 0.1) is 17.8 Å². The number of thioether (sulfide) groups is 1. The Morgan fingerprint density at radius 2 is 1.69 bits per heavy atom. The van der Waals surface area contributed by atoms with E-state index in [0.29, 0.717) is 26.2 Å². The van der Waals surface area contributed by atoms with Crippen LogP contribution >= 0.6 is 11.8 Å². The summed E-state index contributed by atoms with van der Waals surface area (Å²) in [5, 5.41) is 10.5. The Labute approximate surface area is 254 Å². The number of aliphatic hydroxyl groups excluding tert-OH is 1. The second kappa shape index (κ2) is 12.1. The smallest absolute Gasteiger partial charge is 0.247 e. The molecule has 2 fully saturated rings. The van der Waals surface area contributed by atoms with Gasteiger partial charge in [0.05, 0.1) is 35.8 Å². The lowest BCUT2D eigenvalue weighted by Crippen LogP contribution is -2.58. The molecular weight excluding hydrogens is 550 g/mol. The van der Waals surface area contributed by atoms with Gasteiger partial charge in [0.2, 0.25) is 17.7 Å². The van der Waals surface area contributed by atoms with E-state index in [-0.39, 0.29) is 30.2 Å². The fraction of sp³-hybridized carbons (Fsp3) is 0.606. The molecule has 0 aliphatic carbocycles. The standard InChI is InChI=1S/C33H45N3O5S/c1-6-8-9-18-34-19-11-17-33-27(30(39)36(28(33)31(34)40)25(21-37)22(3)4)26-29(38)35(20-10-16-32(26,5)42-33)23-12-14-24(15-13-23)41-7-2/h10-17,22,25-28,37H,6-9,18-21H2,1-5H3/t25-,26-,27-,28?,32+,33-/m0/s1. The lowest BCUT2D eigenvalue weighted by molar-refractivity contribution is -0.146. The molecule has 1 unspecified atom stereocenters. The van der Waals surface area contributed by atoms with Crippen molar-refractivity contribution in [3.8, 4) is 5.75 Å². The molecule has 0 aromatic heterocycles. The van der Waals surface area contributed by atoms with Gasteiger partial charge in [-0.3, -0.25) is 14.4 Å². The van der Waals surface area contributed by atoms with Gasteiger partial charge in [-0.25, -0.2) is 0 Å². The van der Waals surface area contributed by atoms with Gasteiger partial charge in [-0.1, -0.05) is 57.9 Å². The molecule has 3 amide bonds. The largest absolute Gasteiger partial charge is 0.494 e. The zero-order chi connectivity index (χ0) is 30.2. The molecule has 1 spiro atoms. The van der Waals surface area contributed by atoms with Crippen molar-refractivity contribution in [3.63, 3.8) is 0 Å². The Morgan fingerprint density at radius 3 is 2.33 bits per heavy atom. The molecule has 1 aromatic rings. The van der Waals surface area contributed by atoms with Crippen LogP contribution in [0.3, 0.4) is 0 Å². The highest BCUT2D eigenvalue weighted by molar-refractivity contribution is 8.02. The lowest BCUT2D eigenvalue weighted by Gasteiger charge is -2.41. The van der Waals surface area contributed by atoms with E-state index in [0.717, 1.165) is 30.7 Å². The Hall–Kier alpha value is -2.78. The first-order chi connectivity index (χ1) is 20.1. The van der Waals surface area contributed by atoms with E-state index < -0.39 is 33.4 Å². The molecule has 1 N–H and O–H groups in total. The van der Waals surface area contributed by atoms with Gasteiger partial charge in [0.15, 0.2) is 0 Å². The summed E-state index contributed by atoms with van der Waals surface area (Å²) in [7, 11) is 0. The van der Waals surface area contributed by atoms with Gasteiger partial charge in [-0.05, 0) is 50.5 Å². The number of unbranched alkanes of at least 4 members (excludes halogenated alkanes) is 2. The molecule has 5 rings (SSSR count). The maximum Gasteiger partial charge on any atom is 0.247 e. The van der Waals surface area contributed by atoms with Gasteiger partial charge in [-0.15, -0.1) is 11.8 Å². The highest BCUT2D eigenvalue weighted by Gasteiger charge is 2.74. The van der Waals surface area contributed by atoms with Gasteiger partial charge in [0, 0.05) is 30.1 Å². The third kappa shape index (κ3) is 4.96. The van der Waals surface area contributed by atoms with Crippen molar-refractivity contribution in [3.05, 3.63) is 48.6 Å². The molecule has 0 saturated carbocycles. The molecule has 1 aromatic carbocycles. The number of hydrogen-bond donors (Lipinski definition) is 1. The van der Waals surface area contributed by atoms with Crippen molar-refractivity contribution < 1.29 is 24.2 Å². The molecular formula is C33H45N3O5S. The minimum Gasteiger partial charge on any atom is -0.494 e. The summed E-state index contributed by atoms with van der Waals surface area (Å²) < 4.78 is 4.00. The zero-order valence-electron chi connectivity index (χ0n) is 25.5. The van der Waals surface area contributed by atoms with Crippen molar-refractivity contribution in [2.24, 2.45) is 17.8 Å². The summed E-state index contributed by atoms with van der Waals surface area (Å²) in [6.45, 7) is 11.8. The van der Waals surface area contributed by atoms with Crippen molar-refractivity contribution in [1.29, 1.82) is 0 Å². The molecule has 0 radical (unpaired) electrons. The maximum atomic E-state index is 14.7. The maximum absolute atomic E-state index is 14.7. The first kappa shape index (κ1) is 30.7. The van der Waals surface area contributed by atoms with Crippen LogP contribution in [0.4, 0.5) is 5.69 Å². The van der Waals surface area contributed by atoms with Crippen molar-refractivity contribution in [2.45, 2.75) is 75.5 Å². The molecule has 0 bridgehead atoms. The number of benzene rings is 1. The normalized spacial score (nSPS) is 31.3. The van der Waals surface area contributed by atoms with Gasteiger partial charge in [0.25, 0.3) is 0 Å². The van der Waals surface area contributed by atoms with Crippen LogP contribution < -0.4 is 9.64 Å². The quantitative estimate of drug-likeness (QED) is 0.321. The lowest BCUT2D eigenvalue weighted by atomic mass is 9.74. The Balaban J connectivity index is 1.59. The molecule has 4 aliphatic heterocycles. The summed E-state index contributed by atoms with van der Waals surface area (Å²) >= 11 is 1.58. The highest BCUT2D eigenvalue weighted by atomic mass is 32.2. The number of carbonyl (C=O) groups is 3. The summed E-state index contributed by atoms with van der Waals surface area (Å²) in [4.78, 5) is 49.0. The van der Waals surface area contributed by atoms with E-state index in [9.17, 15) is 19.5 Å². The van der Waals surface area contributed by atoms with E-state index in [4.69, 9.17) is 4.74 Å². The average Bonchev–Trinajstić information content (AvgIpc) is 3.23. The zero-order valence-corrected chi connectivity index (χ0v) is 26.3. The predicted octanol–water partition coefficient (Wildman–Crippen LogP) is 4.28. The van der Waals surface area contributed by atoms with E-state index in [1.54, 1.807) is 21.6 Å². The van der Waals surface area contributed by atoms with E-state index >= 15 is 0 Å². The van der Waals surface area contributed by atoms with Crippen LogP contribution in [0.5, 0.6) is 5.75 Å². The van der Waals surface area contributed by atoms with Crippen molar-refractivity contribution >= 4 is 35.2 Å². The van der Waals surface area contributed by atoms with E-state index in [1.807, 2.05) is 69.0 Å². The summed E-state index contributed by atoms with van der Waals surface area (Å²) in [5.74, 6) is -1.16. The van der Waals surface area contributed by atoms with Crippen LogP contribution in [0.2, 0.25) is 0 Å². The first-order valence-electron chi connectivity index (χ1n) is 15.4. The third-order valence-electron chi connectivity index (χ3n) is 9.38. The third-order valence-corrected chi connectivity index (χ3v) is 11.2. The second-order valence-electron chi connectivity index (χ2n) is 12.4. The fourth-order valence-corrected chi connectivity index (χ4v) is 9.50. The van der Waals surface area contributed by atoms with Crippen LogP contribution in [-0.2, 0) is 14.4 Å². The molecule has 4 aliphatic rings. The Bertz CT molecular complexity index is 1250. The number of carbonyl (C=O) groups excluding carboxylic acids is 3. The minimum atomic E-state index is -0.919. The Morgan fingerprint density at radius 1 is 0.976 bits per heavy atom. The SMILES string of the molecule is CCCCCN1CC=C[C@]23S[C@]4(C)C=CCN(c5ccc(OCC)cc5)C(=O)[C@@H]4[C@H]2C(=O)N([C@@H](CO)C(C)C)C3C1=O. The number of likely N-dealkylation sites (tertiary alicyclic amines) is 1. The monoisotopic (exact) mass is 595 g/mol. The first-order valence-corrected chi connectivity index (χ1v) is 16.3. The summed E-state index contributed by atoms with van der Waals surface area (Å²) in [6, 6.07) is 6.17. The average molecular weight is 596 g/mol. The van der Waals surface area contributed by atoms with Crippen molar-refractivity contribution in [1.82, 2.24) is 9.80 Å². The second-order valence-corrected chi connectivity index (χ2v) is 14.2. The molecule has 9 heteroatoms. The fourth-order valence-electron chi connectivity index (χ4n) is 7.36. The van der Waals surface area contributed by atoms with Crippen molar-refractivity contribution in [2.75, 3.05) is 37.7 Å². The predicted molar refractivity (Wildman–Crippen MR) is 166 cm³/mol. The van der Waals surface area contributed by atoms with E-state index in [1.165, 1.54) is 0 Å². The van der Waals surface area contributed by atoms with Crippen LogP contribution in [0.1, 0.15) is 53.9 Å². The molecule has 6 atom stereocenters. The molecule has 228 valence electrons. The van der Waals surface area contributed by atoms with Crippen LogP contribution in [0.25, 0.3) is 0 Å². The number of hydrogen-bond acceptors (Lipinski definition) is 6. The van der Waals surface area contributed by atoms with Gasteiger partial charge >= 0.3 is 0 Å². The summed E-state index contributed by atoms with van der Waals surface area (Å²) in [5.41, 5.74) is 0.743. The number of amides is 3. The summed E-state index contributed by atoms with van der Waals surface area (Å²) in [6.07, 6.45) is 11.1. The molecule has 42 heavy (non-hydrogen) atoms. The van der Waals surface area contributed by atoms with Gasteiger partial charge in [-0.2, -0.15) is 0 Å². The number of rotatable bonds is 10. The number of nitrogens with zero attached hydrogens (tertiary/aromatic N) is 3. The molecule has 2 saturated heterocycles. The highest BCUT2D eigenvalue weighted by Crippen LogP contribution is 2.66. The topological polar surface area (TPSA) is 90.4 Å². The van der Waals surface area contributed by atoms with Crippen LogP contribution in [-0.4, -0.2) is 87.1 Å². The number of anilines is 1. The number of aliphatic hydroxyl groups is 1. The molecule has 4 heterocycles. The van der Waals surface area contributed by atoms with E-state index in [2.05, 4.69) is 19.1 Å².